The van der Waals surface area contributed by atoms with Gasteiger partial charge in [0.15, 0.2) is 5.65 Å². The lowest BCUT2D eigenvalue weighted by Gasteiger charge is -2.29. The van der Waals surface area contributed by atoms with E-state index in [9.17, 15) is 18.3 Å². The summed E-state index contributed by atoms with van der Waals surface area (Å²) in [6.45, 7) is 6.32. The number of aromatic nitrogens is 4. The lowest BCUT2D eigenvalue weighted by Crippen LogP contribution is -2.43. The summed E-state index contributed by atoms with van der Waals surface area (Å²) in [5.41, 5.74) is 4.76. The molecule has 11 heteroatoms. The summed E-state index contributed by atoms with van der Waals surface area (Å²) in [6, 6.07) is 11.1. The van der Waals surface area contributed by atoms with Crippen molar-refractivity contribution in [2.45, 2.75) is 70.4 Å². The van der Waals surface area contributed by atoms with Crippen LogP contribution in [-0.2, 0) is 21.4 Å². The number of aryl methyl sites for hydroxylation is 3. The molecule has 0 radical (unpaired) electrons. The van der Waals surface area contributed by atoms with Crippen LogP contribution in [0.5, 0.6) is 0 Å². The van der Waals surface area contributed by atoms with Crippen LogP contribution >= 0.6 is 0 Å². The third-order valence-corrected chi connectivity index (χ3v) is 10.4. The van der Waals surface area contributed by atoms with Crippen LogP contribution in [0, 0.1) is 20.8 Å². The van der Waals surface area contributed by atoms with Gasteiger partial charge < -0.3 is 10.0 Å². The van der Waals surface area contributed by atoms with Crippen molar-refractivity contribution in [3.63, 3.8) is 0 Å². The van der Waals surface area contributed by atoms with Gasteiger partial charge in [-0.1, -0.05) is 25.6 Å². The van der Waals surface area contributed by atoms with Crippen LogP contribution in [0.2, 0.25) is 0 Å². The molecule has 3 aromatic heterocycles. The Labute approximate surface area is 240 Å². The quantitative estimate of drug-likeness (QED) is 0.357. The first-order valence-electron chi connectivity index (χ1n) is 13.3. The van der Waals surface area contributed by atoms with Crippen molar-refractivity contribution in [1.82, 2.24) is 23.9 Å². The maximum atomic E-state index is 13.9. The summed E-state index contributed by atoms with van der Waals surface area (Å²) in [5, 5.41) is 18.3. The van der Waals surface area contributed by atoms with Gasteiger partial charge in [-0.25, -0.2) is 13.4 Å². The molecular weight excluding hydrogens is 540 g/mol. The van der Waals surface area contributed by atoms with Gasteiger partial charge in [-0.3, -0.25) is 9.20 Å². The van der Waals surface area contributed by atoms with Crippen LogP contribution in [-0.4, -0.2) is 62.5 Å². The largest absolute Gasteiger partial charge is 0.481 e. The van der Waals surface area contributed by atoms with Gasteiger partial charge in [-0.05, 0) is 79.6 Å². The summed E-state index contributed by atoms with van der Waals surface area (Å²) >= 11 is 0. The topological polar surface area (TPSA) is 121 Å². The van der Waals surface area contributed by atoms with Crippen molar-refractivity contribution in [3.05, 3.63) is 82.4 Å². The molecule has 1 aliphatic heterocycles. The minimum absolute atomic E-state index is 0. The van der Waals surface area contributed by atoms with Gasteiger partial charge in [0.05, 0.1) is 12.0 Å². The van der Waals surface area contributed by atoms with E-state index in [1.54, 1.807) is 22.6 Å². The number of fused-ring (bicyclic) bond motifs is 2. The van der Waals surface area contributed by atoms with Gasteiger partial charge in [0.1, 0.15) is 16.5 Å². The second-order valence-corrected chi connectivity index (χ2v) is 13.0. The number of hydrogen-bond donors (Lipinski definition) is 1. The van der Waals surface area contributed by atoms with E-state index >= 15 is 0 Å². The SMILES string of the molecule is C.Cc1ccc([C@@H](CC(=O)O)c2ccn3c(C)nnc3c2C)cc1CN1CC2(CC2)N(C)c2ncccc2S1(=O)=O. The highest BCUT2D eigenvalue weighted by Crippen LogP contribution is 2.48. The van der Waals surface area contributed by atoms with Crippen molar-refractivity contribution in [1.29, 1.82) is 0 Å². The number of carboxylic acids is 1. The standard InChI is InChI=1S/C29H32N6O4S.CH4/c1-18-7-8-21(24(15-26(36)37)23-9-13-35-20(3)31-32-27(35)19(23)2)14-22(18)16-34-17-29(10-11-29)33(4)28-25(40(34,38)39)6-5-12-30-28;/h5-9,12-14,24H,10-11,15-17H2,1-4H3,(H,36,37);1H4/t24-;/m1./s1. The first-order valence-corrected chi connectivity index (χ1v) is 14.8. The zero-order chi connectivity index (χ0) is 28.4. The number of pyridine rings is 2. The fourth-order valence-electron chi connectivity index (χ4n) is 5.94. The second-order valence-electron chi connectivity index (χ2n) is 11.1. The van der Waals surface area contributed by atoms with Gasteiger partial charge in [-0.15, -0.1) is 10.2 Å². The molecule has 1 aromatic carbocycles. The Morgan fingerprint density at radius 2 is 1.88 bits per heavy atom. The van der Waals surface area contributed by atoms with Gasteiger partial charge in [-0.2, -0.15) is 4.31 Å². The van der Waals surface area contributed by atoms with Crippen molar-refractivity contribution >= 4 is 27.5 Å². The number of likely N-dealkylation sites (N-methyl/N-ethyl adjacent to an activating group) is 1. The minimum Gasteiger partial charge on any atom is -0.481 e. The maximum Gasteiger partial charge on any atom is 0.304 e. The molecular formula is C30H36N6O4S. The lowest BCUT2D eigenvalue weighted by atomic mass is 9.85. The molecule has 1 saturated carbocycles. The van der Waals surface area contributed by atoms with Crippen molar-refractivity contribution in [2.24, 2.45) is 0 Å². The number of hydrogen-bond acceptors (Lipinski definition) is 7. The van der Waals surface area contributed by atoms with Crippen LogP contribution in [0.15, 0.2) is 53.7 Å². The highest BCUT2D eigenvalue weighted by atomic mass is 32.2. The van der Waals surface area contributed by atoms with Gasteiger partial charge >= 0.3 is 5.97 Å². The van der Waals surface area contributed by atoms with Gasteiger partial charge in [0, 0.05) is 38.4 Å². The summed E-state index contributed by atoms with van der Waals surface area (Å²) in [5.74, 6) is -0.108. The van der Waals surface area contributed by atoms with Gasteiger partial charge in [0.2, 0.25) is 10.0 Å². The molecule has 4 aromatic rings. The molecule has 0 amide bonds. The number of rotatable bonds is 6. The van der Waals surface area contributed by atoms with Crippen LogP contribution in [0.1, 0.15) is 66.2 Å². The van der Waals surface area contributed by atoms with E-state index in [4.69, 9.17) is 0 Å². The number of sulfonamides is 1. The zero-order valence-electron chi connectivity index (χ0n) is 23.0. The molecule has 1 spiro atoms. The molecule has 216 valence electrons. The Kier molecular flexibility index (Phi) is 7.15. The molecule has 1 N–H and O–H groups in total. The van der Waals surface area contributed by atoms with E-state index < -0.39 is 21.9 Å². The monoisotopic (exact) mass is 576 g/mol. The van der Waals surface area contributed by atoms with Crippen LogP contribution in [0.3, 0.4) is 0 Å². The molecule has 6 rings (SSSR count). The Hall–Kier alpha value is -3.83. The molecule has 1 atom stereocenters. The Balaban J connectivity index is 0.00000337. The normalized spacial score (nSPS) is 18.0. The average Bonchev–Trinajstić information content (AvgIpc) is 3.62. The number of carbonyl (C=O) groups is 1. The highest BCUT2D eigenvalue weighted by molar-refractivity contribution is 7.89. The molecule has 1 aliphatic carbocycles. The van der Waals surface area contributed by atoms with E-state index in [1.165, 1.54) is 0 Å². The van der Waals surface area contributed by atoms with Crippen LogP contribution in [0.25, 0.3) is 5.65 Å². The molecule has 4 heterocycles. The van der Waals surface area contributed by atoms with Crippen molar-refractivity contribution < 1.29 is 18.3 Å². The predicted octanol–water partition coefficient (Wildman–Crippen LogP) is 4.47. The van der Waals surface area contributed by atoms with Crippen molar-refractivity contribution in [3.8, 4) is 0 Å². The highest BCUT2D eigenvalue weighted by Gasteiger charge is 2.53. The number of carboxylic acid groups (broad SMARTS) is 1. The van der Waals surface area contributed by atoms with Crippen LogP contribution < -0.4 is 4.90 Å². The first-order chi connectivity index (χ1) is 19.0. The minimum atomic E-state index is -3.81. The first kappa shape index (κ1) is 28.7. The van der Waals surface area contributed by atoms with Crippen molar-refractivity contribution in [2.75, 3.05) is 18.5 Å². The summed E-state index contributed by atoms with van der Waals surface area (Å²) in [4.78, 5) is 18.7. The number of aliphatic carboxylic acids is 1. The third kappa shape index (κ3) is 4.76. The molecule has 2 aliphatic rings. The van der Waals surface area contributed by atoms with E-state index in [2.05, 4.69) is 15.2 Å². The van der Waals surface area contributed by atoms with Crippen LogP contribution in [0.4, 0.5) is 5.82 Å². The Morgan fingerprint density at radius 3 is 2.59 bits per heavy atom. The van der Waals surface area contributed by atoms with E-state index in [1.807, 2.05) is 67.6 Å². The second kappa shape index (κ2) is 10.2. The Bertz CT molecular complexity index is 1760. The fraction of sp³-hybridized carbons (Fsp3) is 0.400. The third-order valence-electron chi connectivity index (χ3n) is 8.61. The summed E-state index contributed by atoms with van der Waals surface area (Å²) in [6.07, 6.45) is 5.19. The molecule has 10 nitrogen and oxygen atoms in total. The number of anilines is 1. The predicted molar refractivity (Wildman–Crippen MR) is 157 cm³/mol. The number of nitrogens with zero attached hydrogens (tertiary/aromatic N) is 6. The lowest BCUT2D eigenvalue weighted by molar-refractivity contribution is -0.137. The fourth-order valence-corrected chi connectivity index (χ4v) is 7.61. The van der Waals surface area contributed by atoms with Gasteiger partial charge in [0.25, 0.3) is 0 Å². The Morgan fingerprint density at radius 1 is 1.12 bits per heavy atom. The van der Waals surface area contributed by atoms with E-state index in [0.29, 0.717) is 18.0 Å². The molecule has 41 heavy (non-hydrogen) atoms. The molecule has 1 fully saturated rings. The molecule has 0 saturated heterocycles. The molecule has 0 bridgehead atoms. The number of benzene rings is 1. The van der Waals surface area contributed by atoms with E-state index in [0.717, 1.165) is 46.5 Å². The average molecular weight is 577 g/mol. The summed E-state index contributed by atoms with van der Waals surface area (Å²) < 4.78 is 31.3. The summed E-state index contributed by atoms with van der Waals surface area (Å²) in [7, 11) is -1.89. The molecule has 0 unspecified atom stereocenters. The maximum absolute atomic E-state index is 13.9. The zero-order valence-corrected chi connectivity index (χ0v) is 23.8. The smallest absolute Gasteiger partial charge is 0.304 e. The van der Waals surface area contributed by atoms with E-state index in [-0.39, 0.29) is 30.8 Å².